The van der Waals surface area contributed by atoms with Crippen molar-refractivity contribution in [3.8, 4) is 22.9 Å². The number of amides is 1. The van der Waals surface area contributed by atoms with Crippen molar-refractivity contribution in [1.82, 2.24) is 19.5 Å². The van der Waals surface area contributed by atoms with Crippen LogP contribution in [-0.2, 0) is 4.79 Å². The summed E-state index contributed by atoms with van der Waals surface area (Å²) >= 11 is 0. The zero-order valence-corrected chi connectivity index (χ0v) is 21.8. The Balaban J connectivity index is 1.32. The molecule has 0 bridgehead atoms. The maximum absolute atomic E-state index is 12.8. The molecule has 200 valence electrons. The van der Waals surface area contributed by atoms with Gasteiger partial charge < -0.3 is 24.7 Å². The van der Waals surface area contributed by atoms with Crippen molar-refractivity contribution < 1.29 is 19.7 Å². The first-order valence-electron chi connectivity index (χ1n) is 12.8. The molecule has 0 radical (unpaired) electrons. The fourth-order valence-corrected chi connectivity index (χ4v) is 4.62. The second-order valence-electron chi connectivity index (χ2n) is 9.65. The third-order valence-electron chi connectivity index (χ3n) is 7.03. The molecule has 2 N–H and O–H groups in total. The molecule has 1 saturated heterocycles. The highest BCUT2D eigenvalue weighted by atomic mass is 16.5. The average molecular weight is 527 g/mol. The summed E-state index contributed by atoms with van der Waals surface area (Å²) in [5, 5.41) is 34.3. The number of aliphatic hydroxyl groups excluding tert-OH is 2. The number of pyridine rings is 2. The van der Waals surface area contributed by atoms with Gasteiger partial charge in [-0.05, 0) is 37.6 Å². The van der Waals surface area contributed by atoms with Crippen LogP contribution in [0, 0.1) is 11.3 Å². The molecule has 0 saturated carbocycles. The van der Waals surface area contributed by atoms with E-state index in [2.05, 4.69) is 21.1 Å². The van der Waals surface area contributed by atoms with Gasteiger partial charge in [0.25, 0.3) is 5.91 Å². The van der Waals surface area contributed by atoms with E-state index >= 15 is 0 Å². The average Bonchev–Trinajstić information content (AvgIpc) is 3.39. The number of hydrogen-bond acceptors (Lipinski definition) is 8. The topological polar surface area (TPSA) is 127 Å². The highest BCUT2D eigenvalue weighted by Gasteiger charge is 2.27. The molecule has 4 heterocycles. The zero-order chi connectivity index (χ0) is 27.5. The molecule has 1 fully saturated rings. The quantitative estimate of drug-likeness (QED) is 0.376. The van der Waals surface area contributed by atoms with Gasteiger partial charge in [-0.15, -0.1) is 0 Å². The summed E-state index contributed by atoms with van der Waals surface area (Å²) in [7, 11) is 0. The first kappa shape index (κ1) is 26.2. The van der Waals surface area contributed by atoms with Gasteiger partial charge in [0.15, 0.2) is 6.10 Å². The molecular weight excluding hydrogens is 496 g/mol. The van der Waals surface area contributed by atoms with Crippen molar-refractivity contribution in [3.63, 3.8) is 0 Å². The van der Waals surface area contributed by atoms with E-state index in [4.69, 9.17) is 4.74 Å². The molecule has 3 atom stereocenters. The molecule has 10 nitrogen and oxygen atoms in total. The number of ether oxygens (including phenoxy) is 1. The lowest BCUT2D eigenvalue weighted by atomic mass is 10.0. The molecule has 1 aromatic carbocycles. The molecule has 3 aromatic heterocycles. The van der Waals surface area contributed by atoms with Gasteiger partial charge in [-0.2, -0.15) is 10.4 Å². The van der Waals surface area contributed by atoms with E-state index in [1.165, 1.54) is 6.20 Å². The van der Waals surface area contributed by atoms with Gasteiger partial charge in [-0.3, -0.25) is 4.79 Å². The number of fused-ring (bicyclic) bond motifs is 1. The van der Waals surface area contributed by atoms with Crippen molar-refractivity contribution in [2.45, 2.75) is 32.2 Å². The smallest absolute Gasteiger partial charge is 0.256 e. The Kier molecular flexibility index (Phi) is 7.45. The van der Waals surface area contributed by atoms with Crippen LogP contribution < -0.4 is 9.64 Å². The second kappa shape index (κ2) is 11.1. The van der Waals surface area contributed by atoms with Crippen LogP contribution >= 0.6 is 0 Å². The minimum Gasteiger partial charge on any atom is -0.486 e. The summed E-state index contributed by atoms with van der Waals surface area (Å²) < 4.78 is 7.51. The summed E-state index contributed by atoms with van der Waals surface area (Å²) in [5.41, 5.74) is 3.19. The molecule has 10 heteroatoms. The van der Waals surface area contributed by atoms with Gasteiger partial charge in [0.1, 0.15) is 23.7 Å². The Morgan fingerprint density at radius 1 is 1.05 bits per heavy atom. The lowest BCUT2D eigenvalue weighted by Gasteiger charge is -2.36. The van der Waals surface area contributed by atoms with Gasteiger partial charge in [0, 0.05) is 43.5 Å². The molecule has 4 aromatic rings. The first-order valence-corrected chi connectivity index (χ1v) is 12.8. The molecule has 0 spiro atoms. The fourth-order valence-electron chi connectivity index (χ4n) is 4.62. The SMILES string of the molecule is CC(Oc1cc(-c2ccc(N3CCN(C(=O)[C@H](O)c4ccccc4)CC3)nc2)c2c(C#N)cnn2c1)[C@@H](C)O. The largest absolute Gasteiger partial charge is 0.486 e. The van der Waals surface area contributed by atoms with E-state index < -0.39 is 18.3 Å². The summed E-state index contributed by atoms with van der Waals surface area (Å²) in [6.45, 7) is 5.58. The third-order valence-corrected chi connectivity index (χ3v) is 7.03. The van der Waals surface area contributed by atoms with Gasteiger partial charge in [-0.25, -0.2) is 9.50 Å². The normalized spacial score (nSPS) is 16.0. The number of nitriles is 1. The minimum atomic E-state index is -1.17. The highest BCUT2D eigenvalue weighted by molar-refractivity contribution is 5.85. The number of benzene rings is 1. The van der Waals surface area contributed by atoms with Crippen LogP contribution in [0.15, 0.2) is 67.1 Å². The highest BCUT2D eigenvalue weighted by Crippen LogP contribution is 2.32. The van der Waals surface area contributed by atoms with Crippen LogP contribution in [0.25, 0.3) is 16.6 Å². The Hall–Kier alpha value is -4.46. The van der Waals surface area contributed by atoms with Gasteiger partial charge in [-0.1, -0.05) is 30.3 Å². The van der Waals surface area contributed by atoms with Crippen LogP contribution in [0.4, 0.5) is 5.82 Å². The number of aromatic nitrogens is 3. The van der Waals surface area contributed by atoms with Crippen molar-refractivity contribution >= 4 is 17.2 Å². The van der Waals surface area contributed by atoms with E-state index in [-0.39, 0.29) is 5.91 Å². The number of carbonyl (C=O) groups is 1. The molecular formula is C29H30N6O4. The van der Waals surface area contributed by atoms with Crippen molar-refractivity contribution in [3.05, 3.63) is 78.2 Å². The molecule has 1 unspecified atom stereocenters. The predicted octanol–water partition coefficient (Wildman–Crippen LogP) is 2.80. The van der Waals surface area contributed by atoms with Crippen LogP contribution in [-0.4, -0.2) is 74.0 Å². The number of carbonyl (C=O) groups excluding carboxylic acids is 1. The first-order chi connectivity index (χ1) is 18.9. The Bertz CT molecular complexity index is 1490. The Morgan fingerprint density at radius 3 is 2.44 bits per heavy atom. The lowest BCUT2D eigenvalue weighted by Crippen LogP contribution is -2.50. The number of aliphatic hydroxyl groups is 2. The maximum Gasteiger partial charge on any atom is 0.256 e. The van der Waals surface area contributed by atoms with Gasteiger partial charge >= 0.3 is 0 Å². The minimum absolute atomic E-state index is 0.297. The molecule has 1 aliphatic rings. The number of nitrogens with zero attached hydrogens (tertiary/aromatic N) is 6. The number of hydrogen-bond donors (Lipinski definition) is 2. The summed E-state index contributed by atoms with van der Waals surface area (Å²) in [6, 6.07) is 16.8. The maximum atomic E-state index is 12.8. The molecule has 1 amide bonds. The molecule has 1 aliphatic heterocycles. The summed E-state index contributed by atoms with van der Waals surface area (Å²) in [4.78, 5) is 21.3. The predicted molar refractivity (Wildman–Crippen MR) is 145 cm³/mol. The molecule has 39 heavy (non-hydrogen) atoms. The van der Waals surface area contributed by atoms with E-state index in [1.54, 1.807) is 59.9 Å². The van der Waals surface area contributed by atoms with Crippen molar-refractivity contribution in [1.29, 1.82) is 5.26 Å². The van der Waals surface area contributed by atoms with E-state index in [0.29, 0.717) is 48.6 Å². The number of rotatable bonds is 7. The third kappa shape index (κ3) is 5.41. The van der Waals surface area contributed by atoms with Gasteiger partial charge in [0.2, 0.25) is 0 Å². The molecule has 5 rings (SSSR count). The van der Waals surface area contributed by atoms with Crippen LogP contribution in [0.3, 0.4) is 0 Å². The number of anilines is 1. The van der Waals surface area contributed by atoms with E-state index in [1.807, 2.05) is 24.3 Å². The van der Waals surface area contributed by atoms with Gasteiger partial charge in [0.05, 0.1) is 29.6 Å². The van der Waals surface area contributed by atoms with Crippen molar-refractivity contribution in [2.75, 3.05) is 31.1 Å². The Labute approximate surface area is 226 Å². The summed E-state index contributed by atoms with van der Waals surface area (Å²) in [5.74, 6) is 0.991. The molecule has 0 aliphatic carbocycles. The van der Waals surface area contributed by atoms with Crippen LogP contribution in [0.5, 0.6) is 5.75 Å². The second-order valence-corrected chi connectivity index (χ2v) is 9.65. The zero-order valence-electron chi connectivity index (χ0n) is 21.8. The van der Waals surface area contributed by atoms with E-state index in [9.17, 15) is 20.3 Å². The monoisotopic (exact) mass is 526 g/mol. The summed E-state index contributed by atoms with van der Waals surface area (Å²) in [6.07, 6.45) is 2.69. The fraction of sp³-hybridized carbons (Fsp3) is 0.310. The standard InChI is InChI=1S/C29H30N6O4/c1-19(36)20(2)39-24-14-25(27-23(15-30)17-32-35(27)18-24)22-8-9-26(31-16-22)33-10-12-34(13-11-33)29(38)28(37)21-6-4-3-5-7-21/h3-9,14,16-20,28,36-37H,10-13H2,1-2H3/t19-,20?,28-/m1/s1. The van der Waals surface area contributed by atoms with Crippen LogP contribution in [0.2, 0.25) is 0 Å². The van der Waals surface area contributed by atoms with Crippen LogP contribution in [0.1, 0.15) is 31.1 Å². The Morgan fingerprint density at radius 2 is 1.79 bits per heavy atom. The van der Waals surface area contributed by atoms with Crippen molar-refractivity contribution in [2.24, 2.45) is 0 Å². The lowest BCUT2D eigenvalue weighted by molar-refractivity contribution is -0.140. The van der Waals surface area contributed by atoms with E-state index in [0.717, 1.165) is 16.9 Å². The number of piperazine rings is 1.